The first-order valence-corrected chi connectivity index (χ1v) is 9.81. The van der Waals surface area contributed by atoms with Crippen LogP contribution in [0.4, 0.5) is 13.2 Å². The van der Waals surface area contributed by atoms with Crippen LogP contribution in [0.2, 0.25) is 0 Å². The van der Waals surface area contributed by atoms with Gasteiger partial charge in [-0.15, -0.1) is 0 Å². The van der Waals surface area contributed by atoms with Crippen molar-refractivity contribution < 1.29 is 27.1 Å². The average Bonchev–Trinajstić information content (AvgIpc) is 3.29. The number of amides is 1. The summed E-state index contributed by atoms with van der Waals surface area (Å²) in [5.74, 6) is -0.168. The minimum Gasteiger partial charge on any atom is -0.489 e. The molecule has 2 aromatic carbocycles. The van der Waals surface area contributed by atoms with Gasteiger partial charge in [-0.05, 0) is 50.2 Å². The number of alkyl halides is 2. The van der Waals surface area contributed by atoms with Gasteiger partial charge in [-0.3, -0.25) is 4.79 Å². The second kappa shape index (κ2) is 8.02. The highest BCUT2D eigenvalue weighted by Crippen LogP contribution is 2.42. The fraction of sp³-hybridized carbons (Fsp3) is 0.261. The first-order chi connectivity index (χ1) is 14.8. The number of aromatic nitrogens is 1. The lowest BCUT2D eigenvalue weighted by Crippen LogP contribution is -2.18. The molecule has 0 saturated heterocycles. The number of nitrogens with zero attached hydrogens (tertiary/aromatic N) is 1. The molecule has 0 spiro atoms. The number of hydrogen-bond donors (Lipinski definition) is 1. The summed E-state index contributed by atoms with van der Waals surface area (Å²) < 4.78 is 53.1. The molecule has 1 N–H and O–H groups in total. The molecule has 0 aliphatic heterocycles. The Kier molecular flexibility index (Phi) is 5.39. The van der Waals surface area contributed by atoms with Crippen molar-refractivity contribution >= 4 is 27.8 Å². The van der Waals surface area contributed by atoms with Crippen LogP contribution >= 0.6 is 0 Å². The SMILES string of the molecule is CNC(=O)c1c(-c2ccc(F)cc2)oc2c1cc(OC(C)C)c1c2ccn1CC(F)F. The van der Waals surface area contributed by atoms with Crippen LogP contribution in [-0.4, -0.2) is 30.1 Å². The first kappa shape index (κ1) is 20.8. The number of carbonyl (C=O) groups excluding carboxylic acids is 1. The highest BCUT2D eigenvalue weighted by atomic mass is 19.3. The summed E-state index contributed by atoms with van der Waals surface area (Å²) in [5.41, 5.74) is 1.62. The Morgan fingerprint density at radius 1 is 1.16 bits per heavy atom. The van der Waals surface area contributed by atoms with Crippen LogP contribution in [0.5, 0.6) is 5.75 Å². The van der Waals surface area contributed by atoms with Crippen molar-refractivity contribution in [2.45, 2.75) is 32.9 Å². The Morgan fingerprint density at radius 3 is 2.48 bits per heavy atom. The molecule has 4 aromatic rings. The molecule has 0 radical (unpaired) electrons. The third-order valence-corrected chi connectivity index (χ3v) is 4.92. The number of carbonyl (C=O) groups is 1. The molecule has 4 rings (SSSR count). The standard InChI is InChI=1S/C23H21F3N2O3/c1-12(2)30-17-10-16-19(23(29)27-3)21(13-4-6-14(24)7-5-13)31-22(16)15-8-9-28(20(15)17)11-18(25)26/h4-10,12,18H,11H2,1-3H3,(H,27,29). The fourth-order valence-corrected chi connectivity index (χ4v) is 3.71. The molecule has 0 bridgehead atoms. The maximum absolute atomic E-state index is 13.4. The first-order valence-electron chi connectivity index (χ1n) is 9.81. The van der Waals surface area contributed by atoms with E-state index in [0.29, 0.717) is 33.2 Å². The molecule has 0 atom stereocenters. The van der Waals surface area contributed by atoms with Crippen molar-refractivity contribution in [1.29, 1.82) is 0 Å². The second-order valence-corrected chi connectivity index (χ2v) is 7.43. The Balaban J connectivity index is 2.07. The van der Waals surface area contributed by atoms with Crippen molar-refractivity contribution in [1.82, 2.24) is 9.88 Å². The van der Waals surface area contributed by atoms with Gasteiger partial charge < -0.3 is 19.0 Å². The smallest absolute Gasteiger partial charge is 0.256 e. The molecule has 162 valence electrons. The summed E-state index contributed by atoms with van der Waals surface area (Å²) in [6.07, 6.45) is -1.23. The van der Waals surface area contributed by atoms with E-state index in [1.807, 2.05) is 13.8 Å². The molecule has 0 aliphatic carbocycles. The zero-order valence-corrected chi connectivity index (χ0v) is 17.2. The van der Waals surface area contributed by atoms with E-state index in [4.69, 9.17) is 9.15 Å². The quantitative estimate of drug-likeness (QED) is 0.433. The van der Waals surface area contributed by atoms with E-state index in [2.05, 4.69) is 5.32 Å². The fourth-order valence-electron chi connectivity index (χ4n) is 3.71. The average molecular weight is 430 g/mol. The summed E-state index contributed by atoms with van der Waals surface area (Å²) in [6.45, 7) is 3.15. The highest BCUT2D eigenvalue weighted by Gasteiger charge is 2.26. The molecular weight excluding hydrogens is 409 g/mol. The Labute approximate surface area is 176 Å². The van der Waals surface area contributed by atoms with Crippen LogP contribution in [0.3, 0.4) is 0 Å². The lowest BCUT2D eigenvalue weighted by atomic mass is 10.0. The van der Waals surface area contributed by atoms with Gasteiger partial charge in [0.05, 0.1) is 23.7 Å². The van der Waals surface area contributed by atoms with Gasteiger partial charge in [0.25, 0.3) is 12.3 Å². The molecule has 8 heteroatoms. The molecular formula is C23H21F3N2O3. The summed E-state index contributed by atoms with van der Waals surface area (Å²) in [6, 6.07) is 8.89. The topological polar surface area (TPSA) is 56.4 Å². The molecule has 5 nitrogen and oxygen atoms in total. The largest absolute Gasteiger partial charge is 0.489 e. The normalized spacial score (nSPS) is 11.7. The minimum absolute atomic E-state index is 0.220. The van der Waals surface area contributed by atoms with Gasteiger partial charge >= 0.3 is 0 Å². The molecule has 31 heavy (non-hydrogen) atoms. The van der Waals surface area contributed by atoms with Crippen molar-refractivity contribution in [2.75, 3.05) is 7.05 Å². The van der Waals surface area contributed by atoms with Crippen LogP contribution in [0.1, 0.15) is 24.2 Å². The molecule has 0 unspecified atom stereocenters. The lowest BCUT2D eigenvalue weighted by Gasteiger charge is -2.14. The minimum atomic E-state index is -2.55. The summed E-state index contributed by atoms with van der Waals surface area (Å²) in [4.78, 5) is 12.8. The number of halogens is 3. The van der Waals surface area contributed by atoms with Gasteiger partial charge in [0, 0.05) is 29.6 Å². The van der Waals surface area contributed by atoms with E-state index in [1.54, 1.807) is 18.3 Å². The number of benzene rings is 2. The number of hydrogen-bond acceptors (Lipinski definition) is 3. The molecule has 2 aromatic heterocycles. The van der Waals surface area contributed by atoms with Crippen molar-refractivity contribution in [3.05, 3.63) is 54.0 Å². The number of fused-ring (bicyclic) bond motifs is 3. The summed E-state index contributed by atoms with van der Waals surface area (Å²) >= 11 is 0. The summed E-state index contributed by atoms with van der Waals surface area (Å²) in [5, 5.41) is 3.63. The van der Waals surface area contributed by atoms with Crippen LogP contribution < -0.4 is 10.1 Å². The summed E-state index contributed by atoms with van der Waals surface area (Å²) in [7, 11) is 1.50. The predicted molar refractivity (Wildman–Crippen MR) is 112 cm³/mol. The van der Waals surface area contributed by atoms with Crippen LogP contribution in [0, 0.1) is 5.82 Å². The molecule has 0 aliphatic rings. The van der Waals surface area contributed by atoms with Crippen molar-refractivity contribution in [3.8, 4) is 17.1 Å². The van der Waals surface area contributed by atoms with Gasteiger partial charge in [-0.2, -0.15) is 0 Å². The number of nitrogens with one attached hydrogen (secondary N) is 1. The predicted octanol–water partition coefficient (Wildman–Crippen LogP) is 5.61. The van der Waals surface area contributed by atoms with Gasteiger partial charge in [-0.1, -0.05) is 0 Å². The van der Waals surface area contributed by atoms with Gasteiger partial charge in [0.2, 0.25) is 0 Å². The Hall–Kier alpha value is -3.42. The molecule has 2 heterocycles. The Bertz CT molecular complexity index is 1260. The highest BCUT2D eigenvalue weighted by molar-refractivity contribution is 6.17. The second-order valence-electron chi connectivity index (χ2n) is 7.43. The lowest BCUT2D eigenvalue weighted by molar-refractivity contribution is 0.0964. The maximum Gasteiger partial charge on any atom is 0.256 e. The zero-order chi connectivity index (χ0) is 22.3. The van der Waals surface area contributed by atoms with Gasteiger partial charge in [-0.25, -0.2) is 13.2 Å². The third-order valence-electron chi connectivity index (χ3n) is 4.92. The van der Waals surface area contributed by atoms with Crippen LogP contribution in [-0.2, 0) is 6.54 Å². The van der Waals surface area contributed by atoms with Crippen LogP contribution in [0.25, 0.3) is 33.2 Å². The van der Waals surface area contributed by atoms with E-state index in [-0.39, 0.29) is 23.3 Å². The van der Waals surface area contributed by atoms with E-state index in [9.17, 15) is 18.0 Å². The molecule has 1 amide bonds. The zero-order valence-electron chi connectivity index (χ0n) is 17.2. The van der Waals surface area contributed by atoms with E-state index < -0.39 is 18.8 Å². The molecule has 0 fully saturated rings. The maximum atomic E-state index is 13.4. The van der Waals surface area contributed by atoms with E-state index >= 15 is 0 Å². The van der Waals surface area contributed by atoms with Crippen molar-refractivity contribution in [3.63, 3.8) is 0 Å². The van der Waals surface area contributed by atoms with Gasteiger partial charge in [0.15, 0.2) is 0 Å². The van der Waals surface area contributed by atoms with Crippen LogP contribution in [0.15, 0.2) is 47.0 Å². The Morgan fingerprint density at radius 2 is 1.87 bits per heavy atom. The molecule has 0 saturated carbocycles. The monoisotopic (exact) mass is 430 g/mol. The van der Waals surface area contributed by atoms with E-state index in [1.165, 1.54) is 35.9 Å². The van der Waals surface area contributed by atoms with Crippen molar-refractivity contribution in [2.24, 2.45) is 0 Å². The van der Waals surface area contributed by atoms with E-state index in [0.717, 1.165) is 0 Å². The number of rotatable bonds is 6. The number of ether oxygens (including phenoxy) is 1. The van der Waals surface area contributed by atoms with Gasteiger partial charge in [0.1, 0.15) is 22.9 Å². The number of furan rings is 1. The third kappa shape index (κ3) is 3.73.